The summed E-state index contributed by atoms with van der Waals surface area (Å²) in [6.07, 6.45) is 0. The molecule has 0 saturated carbocycles. The first-order chi connectivity index (χ1) is 5.77. The van der Waals surface area contributed by atoms with Crippen LogP contribution in [0.1, 0.15) is 41.5 Å². The van der Waals surface area contributed by atoms with Crippen LogP contribution in [-0.4, -0.2) is 12.5 Å². The fourth-order valence-electron chi connectivity index (χ4n) is 2.65. The molecule has 0 spiro atoms. The van der Waals surface area contributed by atoms with Gasteiger partial charge >= 0.3 is 96.1 Å². The van der Waals surface area contributed by atoms with Gasteiger partial charge < -0.3 is 0 Å². The van der Waals surface area contributed by atoms with E-state index in [0.717, 1.165) is 0 Å². The Morgan fingerprint density at radius 2 is 1.00 bits per heavy atom. The van der Waals surface area contributed by atoms with Crippen molar-refractivity contribution in [1.29, 1.82) is 0 Å². The van der Waals surface area contributed by atoms with Crippen molar-refractivity contribution in [3.8, 4) is 0 Å². The Hall–Kier alpha value is 1.12. The predicted octanol–water partition coefficient (Wildman–Crippen LogP) is 4.66. The van der Waals surface area contributed by atoms with Gasteiger partial charge in [0.2, 0.25) is 0 Å². The van der Waals surface area contributed by atoms with Gasteiger partial charge in [-0.1, -0.05) is 0 Å². The summed E-state index contributed by atoms with van der Waals surface area (Å²) in [5, 5.41) is 0. The second-order valence-electron chi connectivity index (χ2n) is 4.66. The molecular formula is C10H21Cl2Ge. The molecule has 0 aromatic rings. The van der Waals surface area contributed by atoms with Crippen LogP contribution in [0.25, 0.3) is 0 Å². The van der Waals surface area contributed by atoms with Gasteiger partial charge in [0.15, 0.2) is 0 Å². The third kappa shape index (κ3) is 2.57. The summed E-state index contributed by atoms with van der Waals surface area (Å²) in [7, 11) is 12.6. The summed E-state index contributed by atoms with van der Waals surface area (Å²) < 4.78 is 0.198. The van der Waals surface area contributed by atoms with Crippen molar-refractivity contribution in [3.05, 3.63) is 0 Å². The molecule has 0 fully saturated rings. The molecule has 13 heavy (non-hydrogen) atoms. The van der Waals surface area contributed by atoms with Crippen molar-refractivity contribution in [1.82, 2.24) is 0 Å². The zero-order chi connectivity index (χ0) is 10.8. The van der Waals surface area contributed by atoms with E-state index in [2.05, 4.69) is 41.5 Å². The standard InChI is InChI=1S/C10H21Cl2Ge/c1-7(2)10(8(3)4,9(5)6)13(11)12/h7-9H,1-6H3. The minimum absolute atomic E-state index is 0.198. The van der Waals surface area contributed by atoms with E-state index in [-0.39, 0.29) is 4.25 Å². The summed E-state index contributed by atoms with van der Waals surface area (Å²) in [4.78, 5) is 0. The van der Waals surface area contributed by atoms with E-state index >= 15 is 0 Å². The van der Waals surface area contributed by atoms with Crippen molar-refractivity contribution in [2.75, 3.05) is 0 Å². The van der Waals surface area contributed by atoms with Crippen LogP contribution in [-0.2, 0) is 0 Å². The third-order valence-corrected chi connectivity index (χ3v) is 11.6. The fraction of sp³-hybridized carbons (Fsp3) is 1.00. The van der Waals surface area contributed by atoms with Crippen LogP contribution in [0, 0.1) is 17.8 Å². The van der Waals surface area contributed by atoms with Gasteiger partial charge in [-0.05, 0) is 0 Å². The molecule has 0 atom stereocenters. The Bertz CT molecular complexity index is 115. The van der Waals surface area contributed by atoms with Gasteiger partial charge in [0.1, 0.15) is 0 Å². The monoisotopic (exact) mass is 285 g/mol. The number of hydrogen-bond acceptors (Lipinski definition) is 0. The van der Waals surface area contributed by atoms with Gasteiger partial charge in [0.25, 0.3) is 0 Å². The van der Waals surface area contributed by atoms with E-state index in [9.17, 15) is 0 Å². The maximum absolute atomic E-state index is 6.32. The van der Waals surface area contributed by atoms with Crippen LogP contribution in [0.15, 0.2) is 0 Å². The summed E-state index contributed by atoms with van der Waals surface area (Å²) in [6, 6.07) is 0. The molecule has 0 aromatic heterocycles. The van der Waals surface area contributed by atoms with Crippen LogP contribution < -0.4 is 0 Å². The molecule has 0 unspecified atom stereocenters. The molecular weight excluding hydrogens is 264 g/mol. The molecule has 0 aliphatic carbocycles. The van der Waals surface area contributed by atoms with Gasteiger partial charge in [0.05, 0.1) is 0 Å². The molecule has 1 radical (unpaired) electrons. The Kier molecular flexibility index (Phi) is 5.73. The fourth-order valence-corrected chi connectivity index (χ4v) is 12.2. The average Bonchev–Trinajstić information content (AvgIpc) is 1.82. The first-order valence-corrected chi connectivity index (χ1v) is 11.5. The topological polar surface area (TPSA) is 0 Å². The molecule has 0 aliphatic heterocycles. The second-order valence-corrected chi connectivity index (χ2v) is 12.5. The molecule has 0 nitrogen and oxygen atoms in total. The molecule has 0 aromatic carbocycles. The Balaban J connectivity index is 5.06. The molecule has 3 heteroatoms. The van der Waals surface area contributed by atoms with Gasteiger partial charge in [-0.2, -0.15) is 0 Å². The van der Waals surface area contributed by atoms with Crippen LogP contribution >= 0.6 is 20.0 Å². The van der Waals surface area contributed by atoms with E-state index in [1.54, 1.807) is 0 Å². The van der Waals surface area contributed by atoms with Gasteiger partial charge in [-0.25, -0.2) is 0 Å². The van der Waals surface area contributed by atoms with Crippen molar-refractivity contribution in [2.45, 2.75) is 45.8 Å². The van der Waals surface area contributed by atoms with Crippen molar-refractivity contribution in [2.24, 2.45) is 17.8 Å². The summed E-state index contributed by atoms with van der Waals surface area (Å²) in [5.41, 5.74) is 0. The van der Waals surface area contributed by atoms with Crippen LogP contribution in [0.4, 0.5) is 0 Å². The molecule has 0 heterocycles. The molecule has 0 rings (SSSR count). The summed E-state index contributed by atoms with van der Waals surface area (Å²) >= 11 is -1.92. The zero-order valence-electron chi connectivity index (χ0n) is 9.49. The Morgan fingerprint density at radius 3 is 1.00 bits per heavy atom. The SMILES string of the molecule is CC(C)[C](C(C)C)(C(C)C)[Ge]([Cl])[Cl]. The van der Waals surface area contributed by atoms with E-state index in [0.29, 0.717) is 17.8 Å². The number of rotatable bonds is 4. The van der Waals surface area contributed by atoms with E-state index in [1.165, 1.54) is 0 Å². The maximum atomic E-state index is 6.32. The summed E-state index contributed by atoms with van der Waals surface area (Å²) in [6.45, 7) is 13.5. The van der Waals surface area contributed by atoms with Crippen molar-refractivity contribution in [3.63, 3.8) is 0 Å². The molecule has 79 valence electrons. The predicted molar refractivity (Wildman–Crippen MR) is 64.7 cm³/mol. The van der Waals surface area contributed by atoms with Crippen LogP contribution in [0.2, 0.25) is 4.25 Å². The molecule has 0 N–H and O–H groups in total. The zero-order valence-corrected chi connectivity index (χ0v) is 13.1. The first-order valence-electron chi connectivity index (χ1n) is 4.96. The Morgan fingerprint density at radius 1 is 0.769 bits per heavy atom. The van der Waals surface area contributed by atoms with E-state index in [4.69, 9.17) is 20.0 Å². The normalized spacial score (nSPS) is 13.8. The summed E-state index contributed by atoms with van der Waals surface area (Å²) in [5.74, 6) is 1.74. The second kappa shape index (κ2) is 5.27. The minimum atomic E-state index is -1.92. The van der Waals surface area contributed by atoms with E-state index < -0.39 is 12.5 Å². The van der Waals surface area contributed by atoms with Gasteiger partial charge in [-0.15, -0.1) is 0 Å². The van der Waals surface area contributed by atoms with Crippen molar-refractivity contribution >= 4 is 32.5 Å². The molecule has 0 saturated heterocycles. The molecule has 0 aliphatic rings. The third-order valence-electron chi connectivity index (χ3n) is 3.19. The number of halogens is 2. The van der Waals surface area contributed by atoms with E-state index in [1.807, 2.05) is 0 Å². The number of hydrogen-bond donors (Lipinski definition) is 0. The van der Waals surface area contributed by atoms with Crippen LogP contribution in [0.3, 0.4) is 0 Å². The van der Waals surface area contributed by atoms with Crippen LogP contribution in [0.5, 0.6) is 0 Å². The molecule has 0 bridgehead atoms. The average molecular weight is 285 g/mol. The van der Waals surface area contributed by atoms with Gasteiger partial charge in [-0.3, -0.25) is 0 Å². The van der Waals surface area contributed by atoms with Gasteiger partial charge in [0, 0.05) is 0 Å². The van der Waals surface area contributed by atoms with Crippen molar-refractivity contribution < 1.29 is 0 Å². The Labute approximate surface area is 95.9 Å². The molecule has 0 amide bonds. The first kappa shape index (κ1) is 14.1. The quantitative estimate of drug-likeness (QED) is 0.659.